The third-order valence-electron chi connectivity index (χ3n) is 3.26. The third-order valence-corrected chi connectivity index (χ3v) is 4.15. The molecule has 0 amide bonds. The largest absolute Gasteiger partial charge is 0.466 e. The van der Waals surface area contributed by atoms with Crippen LogP contribution < -0.4 is 0 Å². The average molecular weight is 288 g/mol. The lowest BCUT2D eigenvalue weighted by Gasteiger charge is -2.04. The van der Waals surface area contributed by atoms with E-state index in [1.54, 1.807) is 11.3 Å². The molecule has 0 spiro atoms. The Morgan fingerprint density at radius 1 is 1.55 bits per heavy atom. The van der Waals surface area contributed by atoms with Gasteiger partial charge >= 0.3 is 5.97 Å². The third kappa shape index (κ3) is 2.54. The Labute approximate surface area is 121 Å². The van der Waals surface area contributed by atoms with Gasteiger partial charge in [-0.2, -0.15) is 0 Å². The van der Waals surface area contributed by atoms with Crippen molar-refractivity contribution in [2.24, 2.45) is 0 Å². The van der Waals surface area contributed by atoms with Gasteiger partial charge in [-0.1, -0.05) is 18.2 Å². The minimum Gasteiger partial charge on any atom is -0.466 e. The normalized spacial score (nSPS) is 14.6. The van der Waals surface area contributed by atoms with Crippen LogP contribution in [-0.2, 0) is 16.0 Å². The van der Waals surface area contributed by atoms with Crippen molar-refractivity contribution < 1.29 is 9.53 Å². The van der Waals surface area contributed by atoms with Gasteiger partial charge in [0.2, 0.25) is 0 Å². The van der Waals surface area contributed by atoms with Crippen LogP contribution >= 0.6 is 11.3 Å². The molecule has 2 aromatic rings. The Morgan fingerprint density at radius 2 is 2.45 bits per heavy atom. The summed E-state index contributed by atoms with van der Waals surface area (Å²) in [6.45, 7) is 2.24. The Balaban J connectivity index is 1.88. The topological polar surface area (TPSA) is 43.6 Å². The lowest BCUT2D eigenvalue weighted by molar-refractivity contribution is -0.142. The SMILES string of the molecule is CCOC(=O)Cc1csc2nc(C3=CC=CCC3)cn12. The molecule has 0 bridgehead atoms. The van der Waals surface area contributed by atoms with Crippen LogP contribution in [-0.4, -0.2) is 22.0 Å². The molecular weight excluding hydrogens is 272 g/mol. The summed E-state index contributed by atoms with van der Waals surface area (Å²) in [5, 5.41) is 1.97. The minimum absolute atomic E-state index is 0.192. The first-order valence-electron chi connectivity index (χ1n) is 6.75. The van der Waals surface area contributed by atoms with Gasteiger partial charge < -0.3 is 4.74 Å². The van der Waals surface area contributed by atoms with Crippen LogP contribution in [0.3, 0.4) is 0 Å². The number of aromatic nitrogens is 2. The maximum absolute atomic E-state index is 11.6. The fourth-order valence-electron chi connectivity index (χ4n) is 2.29. The maximum Gasteiger partial charge on any atom is 0.311 e. The standard InChI is InChI=1S/C15H16N2O2S/c1-2-19-14(18)8-12-10-20-15-16-13(9-17(12)15)11-6-4-3-5-7-11/h3-4,6,9-10H,2,5,7-8H2,1H3. The number of fused-ring (bicyclic) bond motifs is 1. The van der Waals surface area contributed by atoms with Gasteiger partial charge in [-0.25, -0.2) is 4.98 Å². The molecule has 0 atom stereocenters. The van der Waals surface area contributed by atoms with Crippen LogP contribution in [0.25, 0.3) is 10.5 Å². The highest BCUT2D eigenvalue weighted by Crippen LogP contribution is 2.26. The second-order valence-corrected chi connectivity index (χ2v) is 5.48. The molecule has 0 radical (unpaired) electrons. The van der Waals surface area contributed by atoms with Gasteiger partial charge in [-0.3, -0.25) is 9.20 Å². The monoisotopic (exact) mass is 288 g/mol. The molecule has 2 aromatic heterocycles. The molecule has 0 fully saturated rings. The summed E-state index contributed by atoms with van der Waals surface area (Å²) in [5.41, 5.74) is 3.20. The van der Waals surface area contributed by atoms with Crippen LogP contribution in [0.5, 0.6) is 0 Å². The summed E-state index contributed by atoms with van der Waals surface area (Å²) in [6, 6.07) is 0. The quantitative estimate of drug-likeness (QED) is 0.811. The van der Waals surface area contributed by atoms with Crippen molar-refractivity contribution in [1.82, 2.24) is 9.38 Å². The summed E-state index contributed by atoms with van der Waals surface area (Å²) >= 11 is 1.56. The molecule has 0 saturated carbocycles. The van der Waals surface area contributed by atoms with E-state index in [1.165, 1.54) is 5.57 Å². The van der Waals surface area contributed by atoms with Gasteiger partial charge in [-0.05, 0) is 25.3 Å². The van der Waals surface area contributed by atoms with Crippen molar-refractivity contribution in [3.8, 4) is 0 Å². The van der Waals surface area contributed by atoms with Gasteiger partial charge in [-0.15, -0.1) is 11.3 Å². The van der Waals surface area contributed by atoms with Gasteiger partial charge in [0.1, 0.15) is 0 Å². The molecule has 104 valence electrons. The van der Waals surface area contributed by atoms with E-state index in [4.69, 9.17) is 4.74 Å². The van der Waals surface area contributed by atoms with Crippen molar-refractivity contribution in [2.75, 3.05) is 6.61 Å². The predicted octanol–water partition coefficient (Wildman–Crippen LogP) is 3.23. The number of rotatable bonds is 4. The molecule has 5 heteroatoms. The number of hydrogen-bond acceptors (Lipinski definition) is 4. The van der Waals surface area contributed by atoms with E-state index < -0.39 is 0 Å². The van der Waals surface area contributed by atoms with Crippen molar-refractivity contribution in [3.63, 3.8) is 0 Å². The molecule has 20 heavy (non-hydrogen) atoms. The Kier molecular flexibility index (Phi) is 3.69. The first-order chi connectivity index (χ1) is 9.78. The Hall–Kier alpha value is -1.88. The number of carbonyl (C=O) groups is 1. The predicted molar refractivity (Wildman–Crippen MR) is 79.8 cm³/mol. The summed E-state index contributed by atoms with van der Waals surface area (Å²) < 4.78 is 6.99. The van der Waals surface area contributed by atoms with Crippen molar-refractivity contribution >= 4 is 27.8 Å². The summed E-state index contributed by atoms with van der Waals surface area (Å²) in [7, 11) is 0. The zero-order valence-corrected chi connectivity index (χ0v) is 12.2. The van der Waals surface area contributed by atoms with Crippen LogP contribution in [0.1, 0.15) is 31.2 Å². The molecule has 0 aromatic carbocycles. The maximum atomic E-state index is 11.6. The van der Waals surface area contributed by atoms with Gasteiger partial charge in [0, 0.05) is 17.3 Å². The molecular formula is C15H16N2O2S. The number of nitrogens with zero attached hydrogens (tertiary/aromatic N) is 2. The van der Waals surface area contributed by atoms with Crippen LogP contribution in [0.2, 0.25) is 0 Å². The molecule has 2 heterocycles. The van der Waals surface area contributed by atoms with Gasteiger partial charge in [0.25, 0.3) is 0 Å². The summed E-state index contributed by atoms with van der Waals surface area (Å²) in [6.07, 6.45) is 10.7. The van der Waals surface area contributed by atoms with Crippen molar-refractivity contribution in [1.29, 1.82) is 0 Å². The first kappa shape index (κ1) is 13.1. The molecule has 0 aliphatic heterocycles. The van der Waals surface area contributed by atoms with Crippen molar-refractivity contribution in [3.05, 3.63) is 41.2 Å². The number of imidazole rings is 1. The summed E-state index contributed by atoms with van der Waals surface area (Å²) in [5.74, 6) is -0.192. The lowest BCUT2D eigenvalue weighted by Crippen LogP contribution is -2.08. The second kappa shape index (κ2) is 5.63. The fraction of sp³-hybridized carbons (Fsp3) is 0.333. The molecule has 0 saturated heterocycles. The Bertz CT molecular complexity index is 694. The van der Waals surface area contributed by atoms with Crippen LogP contribution in [0.4, 0.5) is 0 Å². The van der Waals surface area contributed by atoms with E-state index in [0.717, 1.165) is 29.2 Å². The van der Waals surface area contributed by atoms with E-state index >= 15 is 0 Å². The molecule has 4 nitrogen and oxygen atoms in total. The molecule has 0 N–H and O–H groups in total. The van der Waals surface area contributed by atoms with Gasteiger partial charge in [0.15, 0.2) is 4.96 Å². The van der Waals surface area contributed by atoms with Crippen LogP contribution in [0, 0.1) is 0 Å². The highest BCUT2D eigenvalue weighted by molar-refractivity contribution is 7.15. The zero-order valence-electron chi connectivity index (χ0n) is 11.3. The van der Waals surface area contributed by atoms with Crippen molar-refractivity contribution in [2.45, 2.75) is 26.2 Å². The number of esters is 1. The molecule has 0 unspecified atom stereocenters. The molecule has 3 rings (SSSR count). The van der Waals surface area contributed by atoms with E-state index in [0.29, 0.717) is 13.0 Å². The average Bonchev–Trinajstić information content (AvgIpc) is 3.02. The first-order valence-corrected chi connectivity index (χ1v) is 7.63. The Morgan fingerprint density at radius 3 is 3.20 bits per heavy atom. The zero-order chi connectivity index (χ0) is 13.9. The number of ether oxygens (including phenoxy) is 1. The molecule has 1 aliphatic carbocycles. The highest BCUT2D eigenvalue weighted by Gasteiger charge is 2.14. The lowest BCUT2D eigenvalue weighted by atomic mass is 10.0. The number of thiazole rings is 1. The number of allylic oxidation sites excluding steroid dienone is 4. The van der Waals surface area contributed by atoms with Crippen LogP contribution in [0.15, 0.2) is 29.8 Å². The number of carbonyl (C=O) groups excluding carboxylic acids is 1. The summed E-state index contributed by atoms with van der Waals surface area (Å²) in [4.78, 5) is 17.2. The fourth-order valence-corrected chi connectivity index (χ4v) is 3.16. The van der Waals surface area contributed by atoms with Gasteiger partial charge in [0.05, 0.1) is 18.7 Å². The number of hydrogen-bond donors (Lipinski definition) is 0. The minimum atomic E-state index is -0.192. The van der Waals surface area contributed by atoms with E-state index in [1.807, 2.05) is 22.9 Å². The second-order valence-electron chi connectivity index (χ2n) is 4.65. The van der Waals surface area contributed by atoms with E-state index in [2.05, 4.69) is 23.2 Å². The highest BCUT2D eigenvalue weighted by atomic mass is 32.1. The van der Waals surface area contributed by atoms with E-state index in [9.17, 15) is 4.79 Å². The van der Waals surface area contributed by atoms with E-state index in [-0.39, 0.29) is 5.97 Å². The smallest absolute Gasteiger partial charge is 0.311 e. The molecule has 1 aliphatic rings.